The third-order valence-electron chi connectivity index (χ3n) is 11.4. The highest BCUT2D eigenvalue weighted by molar-refractivity contribution is 6.31. The molecule has 0 amide bonds. The lowest BCUT2D eigenvalue weighted by atomic mass is 9.80. The Hall–Kier alpha value is -6.39. The summed E-state index contributed by atoms with van der Waals surface area (Å²) in [6, 6.07) is 55.1. The minimum absolute atomic E-state index is 0.221. The molecule has 0 aliphatic heterocycles. The van der Waals surface area contributed by atoms with Gasteiger partial charge in [-0.05, 0) is 59.2 Å². The van der Waals surface area contributed by atoms with Crippen molar-refractivity contribution in [1.82, 2.24) is 18.7 Å². The molecule has 1 aliphatic rings. The normalized spacial score (nSPS) is 13.5. The smallest absolute Gasteiger partial charge is 0.140 e. The topological polar surface area (TPSA) is 27.7 Å². The fourth-order valence-electron chi connectivity index (χ4n) is 9.24. The van der Waals surface area contributed by atoms with Gasteiger partial charge in [-0.25, -0.2) is 4.98 Å². The second-order valence-electron chi connectivity index (χ2n) is 14.4. The average Bonchev–Trinajstić information content (AvgIpc) is 3.87. The Morgan fingerprint density at radius 3 is 1.88 bits per heavy atom. The number of aryl methyl sites for hydroxylation is 1. The Kier molecular flexibility index (Phi) is 5.63. The zero-order valence-electron chi connectivity index (χ0n) is 28.7. The lowest BCUT2D eigenvalue weighted by molar-refractivity contribution is 0.667. The fourth-order valence-corrected chi connectivity index (χ4v) is 9.24. The number of para-hydroxylation sites is 3. The summed E-state index contributed by atoms with van der Waals surface area (Å²) in [6.07, 6.45) is 0. The van der Waals surface area contributed by atoms with Gasteiger partial charge in [-0.1, -0.05) is 123 Å². The molecule has 3 heterocycles. The Bertz CT molecular complexity index is 3050. The quantitative estimate of drug-likeness (QED) is 0.186. The molecule has 0 N–H and O–H groups in total. The van der Waals surface area contributed by atoms with Crippen LogP contribution < -0.4 is 0 Å². The van der Waals surface area contributed by atoms with Crippen LogP contribution in [0.15, 0.2) is 152 Å². The molecule has 0 fully saturated rings. The Morgan fingerprint density at radius 1 is 0.529 bits per heavy atom. The van der Waals surface area contributed by atoms with Crippen LogP contribution in [0, 0.1) is 0 Å². The van der Waals surface area contributed by atoms with Crippen LogP contribution in [0.3, 0.4) is 0 Å². The average molecular weight is 655 g/mol. The first-order chi connectivity index (χ1) is 25.0. The molecule has 0 saturated carbocycles. The van der Waals surface area contributed by atoms with E-state index in [-0.39, 0.29) is 5.41 Å². The van der Waals surface area contributed by atoms with Gasteiger partial charge in [0, 0.05) is 56.5 Å². The Morgan fingerprint density at radius 2 is 1.14 bits per heavy atom. The van der Waals surface area contributed by atoms with Crippen LogP contribution in [0.2, 0.25) is 0 Å². The van der Waals surface area contributed by atoms with E-state index in [1.807, 2.05) is 0 Å². The van der Waals surface area contributed by atoms with E-state index in [2.05, 4.69) is 186 Å². The summed E-state index contributed by atoms with van der Waals surface area (Å²) in [5.74, 6) is 0.968. The molecule has 7 aromatic carbocycles. The molecule has 0 radical (unpaired) electrons. The van der Waals surface area contributed by atoms with Crippen LogP contribution in [-0.2, 0) is 12.5 Å². The minimum Gasteiger partial charge on any atom is -0.327 e. The number of aromatic nitrogens is 4. The van der Waals surface area contributed by atoms with E-state index >= 15 is 0 Å². The molecule has 0 atom stereocenters. The molecule has 4 nitrogen and oxygen atoms in total. The number of benzene rings is 7. The first-order valence-corrected chi connectivity index (χ1v) is 17.7. The van der Waals surface area contributed by atoms with Crippen molar-refractivity contribution in [2.75, 3.05) is 0 Å². The largest absolute Gasteiger partial charge is 0.327 e. The molecule has 0 saturated heterocycles. The van der Waals surface area contributed by atoms with Crippen molar-refractivity contribution in [1.29, 1.82) is 0 Å². The maximum absolute atomic E-state index is 5.22. The monoisotopic (exact) mass is 654 g/mol. The molecule has 1 aliphatic carbocycles. The molecule has 242 valence electrons. The van der Waals surface area contributed by atoms with E-state index < -0.39 is 0 Å². The summed E-state index contributed by atoms with van der Waals surface area (Å²) >= 11 is 0. The van der Waals surface area contributed by atoms with Gasteiger partial charge >= 0.3 is 0 Å². The lowest BCUT2D eigenvalue weighted by Crippen LogP contribution is -2.15. The maximum Gasteiger partial charge on any atom is 0.140 e. The Labute approximate surface area is 295 Å². The van der Waals surface area contributed by atoms with Gasteiger partial charge < -0.3 is 13.7 Å². The molecular weight excluding hydrogens is 621 g/mol. The number of nitrogens with zero attached hydrogens (tertiary/aromatic N) is 4. The van der Waals surface area contributed by atoms with Gasteiger partial charge in [0.15, 0.2) is 0 Å². The second kappa shape index (κ2) is 10.1. The number of imidazole rings is 1. The molecule has 4 heteroatoms. The van der Waals surface area contributed by atoms with E-state index in [1.54, 1.807) is 0 Å². The van der Waals surface area contributed by atoms with Crippen molar-refractivity contribution in [3.8, 4) is 33.9 Å². The summed E-state index contributed by atoms with van der Waals surface area (Å²) in [6.45, 7) is 4.82. The highest BCUT2D eigenvalue weighted by Crippen LogP contribution is 2.58. The van der Waals surface area contributed by atoms with E-state index in [1.165, 1.54) is 71.6 Å². The predicted octanol–water partition coefficient (Wildman–Crippen LogP) is 11.7. The zero-order valence-corrected chi connectivity index (χ0v) is 28.7. The van der Waals surface area contributed by atoms with Crippen LogP contribution in [0.4, 0.5) is 0 Å². The van der Waals surface area contributed by atoms with Crippen LogP contribution in [0.25, 0.3) is 88.5 Å². The fraction of sp³-hybridized carbons (Fsp3) is 0.0851. The summed E-state index contributed by atoms with van der Waals surface area (Å²) in [7, 11) is 2.11. The van der Waals surface area contributed by atoms with E-state index in [4.69, 9.17) is 4.98 Å². The van der Waals surface area contributed by atoms with Crippen LogP contribution >= 0.6 is 0 Å². The van der Waals surface area contributed by atoms with E-state index in [0.717, 1.165) is 28.1 Å². The molecular formula is C47H34N4. The van der Waals surface area contributed by atoms with Crippen molar-refractivity contribution in [3.05, 3.63) is 163 Å². The summed E-state index contributed by atoms with van der Waals surface area (Å²) in [4.78, 5) is 5.22. The third kappa shape index (κ3) is 3.66. The molecule has 0 bridgehead atoms. The second-order valence-corrected chi connectivity index (χ2v) is 14.4. The summed E-state index contributed by atoms with van der Waals surface area (Å²) < 4.78 is 7.24. The number of fused-ring (bicyclic) bond motifs is 13. The molecule has 10 aromatic rings. The SMILES string of the molecule is Cn1c(-c2ccccc2)nc2cc(-n3c4ccccc4c4c5c(c6c(c7ccccc7n6-c6ccccc6)c43)-c3ccccc3C5(C)C)ccc21. The van der Waals surface area contributed by atoms with Gasteiger partial charge in [0.1, 0.15) is 5.82 Å². The molecule has 0 unspecified atom stereocenters. The van der Waals surface area contributed by atoms with Gasteiger partial charge in [0.2, 0.25) is 0 Å². The van der Waals surface area contributed by atoms with Crippen LogP contribution in [0.1, 0.15) is 25.0 Å². The van der Waals surface area contributed by atoms with Gasteiger partial charge in [0.25, 0.3) is 0 Å². The van der Waals surface area contributed by atoms with Crippen molar-refractivity contribution in [3.63, 3.8) is 0 Å². The van der Waals surface area contributed by atoms with Gasteiger partial charge in [-0.2, -0.15) is 0 Å². The first kappa shape index (κ1) is 28.4. The molecule has 3 aromatic heterocycles. The van der Waals surface area contributed by atoms with E-state index in [9.17, 15) is 0 Å². The molecule has 51 heavy (non-hydrogen) atoms. The van der Waals surface area contributed by atoms with Crippen LogP contribution in [-0.4, -0.2) is 18.7 Å². The maximum atomic E-state index is 5.22. The Balaban J connectivity index is 1.37. The van der Waals surface area contributed by atoms with Gasteiger partial charge in [-0.3, -0.25) is 0 Å². The minimum atomic E-state index is -0.221. The number of hydrogen-bond donors (Lipinski definition) is 0. The molecule has 0 spiro atoms. The van der Waals surface area contributed by atoms with E-state index in [0.29, 0.717) is 0 Å². The highest BCUT2D eigenvalue weighted by Gasteiger charge is 2.41. The van der Waals surface area contributed by atoms with Crippen molar-refractivity contribution in [2.45, 2.75) is 19.3 Å². The predicted molar refractivity (Wildman–Crippen MR) is 212 cm³/mol. The number of rotatable bonds is 3. The summed E-state index contributed by atoms with van der Waals surface area (Å²) in [5, 5.41) is 5.13. The zero-order chi connectivity index (χ0) is 34.0. The number of hydrogen-bond acceptors (Lipinski definition) is 1. The van der Waals surface area contributed by atoms with Crippen LogP contribution in [0.5, 0.6) is 0 Å². The van der Waals surface area contributed by atoms with Crippen molar-refractivity contribution < 1.29 is 0 Å². The van der Waals surface area contributed by atoms with Gasteiger partial charge in [-0.15, -0.1) is 0 Å². The lowest BCUT2D eigenvalue weighted by Gasteiger charge is -2.23. The van der Waals surface area contributed by atoms with Gasteiger partial charge in [0.05, 0.1) is 33.1 Å². The van der Waals surface area contributed by atoms with Crippen molar-refractivity contribution >= 4 is 54.6 Å². The highest BCUT2D eigenvalue weighted by atomic mass is 15.1. The standard InChI is InChI=1S/C47H34N4/c1-47(2)35-23-13-10-20-32(35)40-43(47)41-33-21-11-14-24-37(33)51(31-26-27-39-36(28-31)48-46(49(39)3)29-16-6-4-7-17-29)45(41)42-34-22-12-15-25-38(34)50(44(40)42)30-18-8-5-9-19-30/h4-28H,1-3H3. The third-order valence-corrected chi connectivity index (χ3v) is 11.4. The van der Waals surface area contributed by atoms with Crippen molar-refractivity contribution in [2.24, 2.45) is 7.05 Å². The molecule has 11 rings (SSSR count). The first-order valence-electron chi connectivity index (χ1n) is 17.7. The summed E-state index contributed by atoms with van der Waals surface area (Å²) in [5.41, 5.74) is 15.6.